The fourth-order valence-electron chi connectivity index (χ4n) is 4.68. The largest absolute Gasteiger partial charge is 0.489 e. The summed E-state index contributed by atoms with van der Waals surface area (Å²) in [5, 5.41) is 1.37. The van der Waals surface area contributed by atoms with Gasteiger partial charge in [0.2, 0.25) is 0 Å². The van der Waals surface area contributed by atoms with Gasteiger partial charge in [0.15, 0.2) is 0 Å². The molecule has 31 heavy (non-hydrogen) atoms. The molecule has 3 fully saturated rings. The Morgan fingerprint density at radius 1 is 1.19 bits per heavy atom. The van der Waals surface area contributed by atoms with Gasteiger partial charge in [-0.3, -0.25) is 4.98 Å². The second kappa shape index (κ2) is 8.94. The van der Waals surface area contributed by atoms with Gasteiger partial charge in [-0.15, -0.1) is 0 Å². The Hall–Kier alpha value is -2.48. The first-order chi connectivity index (χ1) is 14.9. The third kappa shape index (κ3) is 5.06. The maximum atomic E-state index is 12.5. The van der Waals surface area contributed by atoms with Crippen LogP contribution < -0.4 is 16.3 Å². The molecule has 0 radical (unpaired) electrons. The molecule has 0 saturated heterocycles. The fraction of sp³-hybridized carbons (Fsp3) is 0.652. The molecule has 0 aromatic carbocycles. The zero-order chi connectivity index (χ0) is 22.0. The normalized spacial score (nSPS) is 21.1. The van der Waals surface area contributed by atoms with Crippen LogP contribution in [0, 0.1) is 5.41 Å². The Morgan fingerprint density at radius 2 is 1.90 bits per heavy atom. The minimum absolute atomic E-state index is 0.0120. The second-order valence-corrected chi connectivity index (χ2v) is 9.46. The fourth-order valence-corrected chi connectivity index (χ4v) is 4.68. The number of likely N-dealkylation sites (N-methyl/N-ethyl adjacent to an activating group) is 1. The maximum absolute atomic E-state index is 12.5. The summed E-state index contributed by atoms with van der Waals surface area (Å²) in [6.07, 6.45) is 12.3. The summed E-state index contributed by atoms with van der Waals surface area (Å²) in [5.74, 6) is 6.71. The lowest BCUT2D eigenvalue weighted by atomic mass is 9.76. The van der Waals surface area contributed by atoms with Crippen LogP contribution in [0.25, 0.3) is 5.70 Å². The third-order valence-corrected chi connectivity index (χ3v) is 7.07. The molecule has 1 amide bonds. The van der Waals surface area contributed by atoms with Gasteiger partial charge in [-0.25, -0.2) is 10.6 Å². The number of hydrazine groups is 1. The summed E-state index contributed by atoms with van der Waals surface area (Å²) in [6, 6.07) is 3.96. The number of hydrogen-bond acceptors (Lipinski definition) is 7. The van der Waals surface area contributed by atoms with Crippen molar-refractivity contribution < 1.29 is 14.3 Å². The molecule has 1 aromatic rings. The summed E-state index contributed by atoms with van der Waals surface area (Å²) >= 11 is 0. The molecule has 4 rings (SSSR count). The highest BCUT2D eigenvalue weighted by molar-refractivity contribution is 5.69. The Morgan fingerprint density at radius 3 is 2.48 bits per heavy atom. The molecule has 0 atom stereocenters. The number of pyridine rings is 1. The number of hydrogen-bond donors (Lipinski definition) is 2. The van der Waals surface area contributed by atoms with Crippen molar-refractivity contribution in [2.24, 2.45) is 17.0 Å². The number of nitrogens with zero attached hydrogens (tertiary/aromatic N) is 3. The summed E-state index contributed by atoms with van der Waals surface area (Å²) < 4.78 is 11.5. The van der Waals surface area contributed by atoms with Crippen molar-refractivity contribution >= 4 is 11.8 Å². The zero-order valence-corrected chi connectivity index (χ0v) is 18.7. The number of carbonyl (C=O) groups is 1. The van der Waals surface area contributed by atoms with Crippen molar-refractivity contribution in [3.05, 3.63) is 29.7 Å². The number of amides is 1. The minimum Gasteiger partial charge on any atom is -0.489 e. The van der Waals surface area contributed by atoms with Crippen LogP contribution in [-0.2, 0) is 4.74 Å². The monoisotopic (exact) mass is 429 g/mol. The third-order valence-electron chi connectivity index (χ3n) is 7.07. The van der Waals surface area contributed by atoms with E-state index in [2.05, 4.69) is 4.98 Å². The van der Waals surface area contributed by atoms with E-state index in [0.29, 0.717) is 22.5 Å². The molecule has 8 heteroatoms. The van der Waals surface area contributed by atoms with Crippen LogP contribution in [0.4, 0.5) is 4.79 Å². The van der Waals surface area contributed by atoms with E-state index in [9.17, 15) is 4.79 Å². The molecule has 3 aliphatic carbocycles. The summed E-state index contributed by atoms with van der Waals surface area (Å²) in [6.45, 7) is -0.0120. The van der Waals surface area contributed by atoms with Crippen molar-refractivity contribution in [2.45, 2.75) is 69.9 Å². The number of aromatic nitrogens is 1. The lowest BCUT2D eigenvalue weighted by Crippen LogP contribution is -2.47. The van der Waals surface area contributed by atoms with E-state index in [0.717, 1.165) is 31.4 Å². The second-order valence-electron chi connectivity index (χ2n) is 9.46. The van der Waals surface area contributed by atoms with E-state index >= 15 is 0 Å². The summed E-state index contributed by atoms with van der Waals surface area (Å²) in [4.78, 5) is 18.6. The van der Waals surface area contributed by atoms with Gasteiger partial charge in [-0.1, -0.05) is 6.42 Å². The summed E-state index contributed by atoms with van der Waals surface area (Å²) in [7, 11) is 3.47. The van der Waals surface area contributed by atoms with E-state index in [1.807, 2.05) is 12.1 Å². The zero-order valence-electron chi connectivity index (χ0n) is 18.7. The van der Waals surface area contributed by atoms with Gasteiger partial charge in [-0.2, -0.15) is 0 Å². The standard InChI is InChI=1S/C23H35N5O3/c1-27(16-12-23(13-16)10-11-23)22(29)30-15-20(28(2)25)21(24)19-9-8-18(14-26-19)31-17-6-4-3-5-7-17/h8-9,14,16-17H,3-7,10-13,15,24-25H2,1-2H3/b21-20-. The number of carbonyl (C=O) groups excluding carboxylic acids is 1. The first-order valence-electron chi connectivity index (χ1n) is 11.4. The number of nitrogens with two attached hydrogens (primary N) is 2. The number of ether oxygens (including phenoxy) is 2. The summed E-state index contributed by atoms with van der Waals surface area (Å²) in [5.41, 5.74) is 8.31. The van der Waals surface area contributed by atoms with Crippen LogP contribution in [0.15, 0.2) is 24.0 Å². The molecule has 1 spiro atoms. The average molecular weight is 430 g/mol. The van der Waals surface area contributed by atoms with Gasteiger partial charge in [0.25, 0.3) is 0 Å². The molecule has 170 valence electrons. The van der Waals surface area contributed by atoms with E-state index in [1.165, 1.54) is 37.1 Å². The highest BCUT2D eigenvalue weighted by Crippen LogP contribution is 2.61. The lowest BCUT2D eigenvalue weighted by molar-refractivity contribution is 0.0556. The van der Waals surface area contributed by atoms with Crippen molar-refractivity contribution in [3.63, 3.8) is 0 Å². The predicted octanol–water partition coefficient (Wildman–Crippen LogP) is 3.24. The molecule has 3 saturated carbocycles. The maximum Gasteiger partial charge on any atom is 0.410 e. The van der Waals surface area contributed by atoms with Crippen molar-refractivity contribution in [1.82, 2.24) is 14.9 Å². The Kier molecular flexibility index (Phi) is 6.27. The van der Waals surface area contributed by atoms with Crippen LogP contribution >= 0.6 is 0 Å². The molecular formula is C23H35N5O3. The highest BCUT2D eigenvalue weighted by Gasteiger charge is 2.54. The Bertz CT molecular complexity index is 805. The van der Waals surface area contributed by atoms with Crippen LogP contribution in [0.1, 0.15) is 63.5 Å². The predicted molar refractivity (Wildman–Crippen MR) is 119 cm³/mol. The van der Waals surface area contributed by atoms with Crippen LogP contribution in [0.5, 0.6) is 5.75 Å². The SMILES string of the molecule is CN(N)/C(COC(=O)N(C)C1CC2(CC2)C1)=C(\N)c1ccc(OC2CCCCC2)cn1. The molecule has 1 aromatic heterocycles. The Balaban J connectivity index is 1.35. The molecular weight excluding hydrogens is 394 g/mol. The quantitative estimate of drug-likeness (QED) is 0.506. The van der Waals surface area contributed by atoms with Gasteiger partial charge >= 0.3 is 6.09 Å². The number of rotatable bonds is 7. The van der Waals surface area contributed by atoms with Gasteiger partial charge in [0.1, 0.15) is 12.4 Å². The van der Waals surface area contributed by atoms with Gasteiger partial charge < -0.3 is 25.1 Å². The van der Waals surface area contributed by atoms with Crippen molar-refractivity contribution in [3.8, 4) is 5.75 Å². The molecule has 0 unspecified atom stereocenters. The molecule has 4 N–H and O–H groups in total. The van der Waals surface area contributed by atoms with E-state index in [-0.39, 0.29) is 24.8 Å². The van der Waals surface area contributed by atoms with Gasteiger partial charge in [0, 0.05) is 20.1 Å². The van der Waals surface area contributed by atoms with Crippen molar-refractivity contribution in [2.75, 3.05) is 20.7 Å². The highest BCUT2D eigenvalue weighted by atomic mass is 16.6. The molecule has 8 nitrogen and oxygen atoms in total. The van der Waals surface area contributed by atoms with E-state index < -0.39 is 0 Å². The smallest absolute Gasteiger partial charge is 0.410 e. The van der Waals surface area contributed by atoms with Crippen molar-refractivity contribution in [1.29, 1.82) is 0 Å². The van der Waals surface area contributed by atoms with Crippen LogP contribution in [-0.4, -0.2) is 53.8 Å². The molecule has 1 heterocycles. The van der Waals surface area contributed by atoms with Crippen LogP contribution in [0.3, 0.4) is 0 Å². The first kappa shape index (κ1) is 21.7. The topological polar surface area (TPSA) is 107 Å². The van der Waals surface area contributed by atoms with E-state index in [4.69, 9.17) is 21.1 Å². The van der Waals surface area contributed by atoms with Gasteiger partial charge in [-0.05, 0) is 68.9 Å². The van der Waals surface area contributed by atoms with E-state index in [1.54, 1.807) is 25.2 Å². The lowest BCUT2D eigenvalue weighted by Gasteiger charge is -2.41. The Labute approximate surface area is 184 Å². The van der Waals surface area contributed by atoms with Crippen LogP contribution in [0.2, 0.25) is 0 Å². The average Bonchev–Trinajstić information content (AvgIpc) is 3.54. The molecule has 0 aliphatic heterocycles. The van der Waals surface area contributed by atoms with Gasteiger partial charge in [0.05, 0.1) is 29.4 Å². The minimum atomic E-state index is -0.350. The molecule has 3 aliphatic rings. The first-order valence-corrected chi connectivity index (χ1v) is 11.4. The molecule has 0 bridgehead atoms.